The SMILES string of the molecule is O=C(OC1CC[C@@H](c2cccc(F)c2F)[C@@H](O)c2cccnc21)N1CCC(n2c(=O)[nH]c3ncccc32)CC1. The van der Waals surface area contributed by atoms with E-state index in [0.29, 0.717) is 42.8 Å². The second-order valence-corrected chi connectivity index (χ2v) is 10.0. The molecule has 4 heterocycles. The molecule has 11 heteroatoms. The number of aromatic amines is 1. The molecule has 202 valence electrons. The van der Waals surface area contributed by atoms with Crippen molar-refractivity contribution in [3.8, 4) is 0 Å². The van der Waals surface area contributed by atoms with Crippen molar-refractivity contribution < 1.29 is 23.4 Å². The topological polar surface area (TPSA) is 113 Å². The number of nitrogens with one attached hydrogen (secondary N) is 1. The summed E-state index contributed by atoms with van der Waals surface area (Å²) in [4.78, 5) is 38.7. The largest absolute Gasteiger partial charge is 0.440 e. The van der Waals surface area contributed by atoms with Crippen molar-refractivity contribution in [3.63, 3.8) is 0 Å². The number of carbonyl (C=O) groups is 1. The molecule has 0 saturated carbocycles. The first-order valence-corrected chi connectivity index (χ1v) is 13.0. The number of pyridine rings is 2. The summed E-state index contributed by atoms with van der Waals surface area (Å²) >= 11 is 0. The molecule has 6 rings (SSSR count). The molecule has 39 heavy (non-hydrogen) atoms. The summed E-state index contributed by atoms with van der Waals surface area (Å²) in [5, 5.41) is 11.2. The minimum absolute atomic E-state index is 0.0778. The summed E-state index contributed by atoms with van der Waals surface area (Å²) in [5.41, 5.74) is 1.94. The maximum atomic E-state index is 14.6. The van der Waals surface area contributed by atoms with Crippen LogP contribution in [-0.4, -0.2) is 48.7 Å². The van der Waals surface area contributed by atoms with E-state index in [2.05, 4.69) is 15.0 Å². The molecule has 2 N–H and O–H groups in total. The Bertz CT molecular complexity index is 1580. The number of H-pyrrole nitrogens is 1. The number of nitrogens with zero attached hydrogens (tertiary/aromatic N) is 4. The number of carbonyl (C=O) groups excluding carboxylic acids is 1. The van der Waals surface area contributed by atoms with Gasteiger partial charge in [0, 0.05) is 43.0 Å². The number of aromatic nitrogens is 4. The van der Waals surface area contributed by atoms with E-state index < -0.39 is 35.9 Å². The molecule has 4 aromatic rings. The van der Waals surface area contributed by atoms with Gasteiger partial charge in [0.2, 0.25) is 0 Å². The normalized spacial score (nSPS) is 21.9. The molecule has 1 fully saturated rings. The average molecular weight is 536 g/mol. The number of halogens is 2. The molecule has 0 radical (unpaired) electrons. The summed E-state index contributed by atoms with van der Waals surface area (Å²) in [7, 11) is 0. The van der Waals surface area contributed by atoms with Crippen LogP contribution in [0.1, 0.15) is 66.7 Å². The lowest BCUT2D eigenvalue weighted by atomic mass is 9.87. The number of piperidine rings is 1. The van der Waals surface area contributed by atoms with Crippen molar-refractivity contribution in [2.45, 2.75) is 49.9 Å². The standard InChI is InChI=1S/C28H27F2N5O4/c29-20-6-1-4-17(23(20)30)18-8-9-22(24-19(25(18)36)5-2-12-31-24)39-28(38)34-14-10-16(11-15-34)35-21-7-3-13-32-26(21)33-27(35)37/h1-7,12-13,16,18,22,25,36H,8-11,14-15H2,(H,32,33,37)/t18-,22?,25+/m0/s1. The maximum absolute atomic E-state index is 14.6. The lowest BCUT2D eigenvalue weighted by Crippen LogP contribution is -2.41. The van der Waals surface area contributed by atoms with Crippen molar-refractivity contribution >= 4 is 17.3 Å². The third-order valence-electron chi connectivity index (χ3n) is 7.82. The van der Waals surface area contributed by atoms with Crippen LogP contribution in [0, 0.1) is 11.6 Å². The predicted molar refractivity (Wildman–Crippen MR) is 137 cm³/mol. The van der Waals surface area contributed by atoms with E-state index in [4.69, 9.17) is 4.74 Å². The number of imidazole rings is 1. The van der Waals surface area contributed by atoms with E-state index in [0.717, 1.165) is 11.6 Å². The lowest BCUT2D eigenvalue weighted by Gasteiger charge is -2.33. The number of amides is 1. The van der Waals surface area contributed by atoms with Gasteiger partial charge in [0.25, 0.3) is 0 Å². The number of ether oxygens (including phenoxy) is 1. The van der Waals surface area contributed by atoms with Gasteiger partial charge in [-0.05, 0) is 55.5 Å². The summed E-state index contributed by atoms with van der Waals surface area (Å²) in [6.45, 7) is 0.787. The van der Waals surface area contributed by atoms with Crippen molar-refractivity contribution in [3.05, 3.63) is 93.8 Å². The quantitative estimate of drug-likeness (QED) is 0.373. The zero-order valence-electron chi connectivity index (χ0n) is 21.0. The molecule has 0 spiro atoms. The second kappa shape index (κ2) is 10.2. The average Bonchev–Trinajstić information content (AvgIpc) is 3.23. The Kier molecular flexibility index (Phi) is 6.59. The van der Waals surface area contributed by atoms with E-state index in [-0.39, 0.29) is 30.1 Å². The van der Waals surface area contributed by atoms with Crippen molar-refractivity contribution in [2.75, 3.05) is 13.1 Å². The summed E-state index contributed by atoms with van der Waals surface area (Å²) in [6.07, 6.45) is 2.42. The van der Waals surface area contributed by atoms with Crippen molar-refractivity contribution in [1.82, 2.24) is 24.4 Å². The van der Waals surface area contributed by atoms with Crippen LogP contribution >= 0.6 is 0 Å². The zero-order chi connectivity index (χ0) is 27.1. The van der Waals surface area contributed by atoms with Gasteiger partial charge in [0.1, 0.15) is 6.10 Å². The zero-order valence-corrected chi connectivity index (χ0v) is 21.0. The minimum Gasteiger partial charge on any atom is -0.440 e. The Morgan fingerprint density at radius 2 is 1.72 bits per heavy atom. The Hall–Kier alpha value is -4.12. The molecule has 1 saturated heterocycles. The number of rotatable bonds is 3. The van der Waals surface area contributed by atoms with Crippen LogP contribution in [0.3, 0.4) is 0 Å². The van der Waals surface area contributed by atoms with E-state index in [1.165, 1.54) is 12.1 Å². The van der Waals surface area contributed by atoms with Crippen LogP contribution in [0.5, 0.6) is 0 Å². The van der Waals surface area contributed by atoms with Crippen LogP contribution in [0.25, 0.3) is 11.2 Å². The fraction of sp³-hybridized carbons (Fsp3) is 0.357. The lowest BCUT2D eigenvalue weighted by molar-refractivity contribution is 0.0471. The summed E-state index contributed by atoms with van der Waals surface area (Å²) in [6, 6.07) is 10.8. The van der Waals surface area contributed by atoms with Crippen molar-refractivity contribution in [1.29, 1.82) is 0 Å². The van der Waals surface area contributed by atoms with Gasteiger partial charge in [0.15, 0.2) is 17.3 Å². The van der Waals surface area contributed by atoms with E-state index in [1.54, 1.807) is 40.1 Å². The summed E-state index contributed by atoms with van der Waals surface area (Å²) in [5.74, 6) is -2.70. The van der Waals surface area contributed by atoms with Gasteiger partial charge in [-0.3, -0.25) is 14.5 Å². The predicted octanol–water partition coefficient (Wildman–Crippen LogP) is 4.52. The molecule has 1 aromatic carbocycles. The van der Waals surface area contributed by atoms with Gasteiger partial charge in [-0.1, -0.05) is 18.2 Å². The highest BCUT2D eigenvalue weighted by molar-refractivity contribution is 5.70. The number of hydrogen-bond donors (Lipinski definition) is 2. The third kappa shape index (κ3) is 4.56. The Balaban J connectivity index is 1.18. The van der Waals surface area contributed by atoms with Crippen LogP contribution in [0.2, 0.25) is 0 Å². The van der Waals surface area contributed by atoms with Gasteiger partial charge in [-0.15, -0.1) is 0 Å². The van der Waals surface area contributed by atoms with Gasteiger partial charge >= 0.3 is 11.8 Å². The highest BCUT2D eigenvalue weighted by Crippen LogP contribution is 2.44. The molecule has 1 amide bonds. The first-order valence-electron chi connectivity index (χ1n) is 13.0. The number of benzene rings is 1. The number of hydrogen-bond acceptors (Lipinski definition) is 6. The van der Waals surface area contributed by atoms with E-state index >= 15 is 0 Å². The van der Waals surface area contributed by atoms with Crippen LogP contribution in [0.4, 0.5) is 13.6 Å². The van der Waals surface area contributed by atoms with Gasteiger partial charge in [-0.25, -0.2) is 23.4 Å². The third-order valence-corrected chi connectivity index (χ3v) is 7.82. The molecule has 3 aromatic heterocycles. The van der Waals surface area contributed by atoms with Gasteiger partial charge in [-0.2, -0.15) is 0 Å². The second-order valence-electron chi connectivity index (χ2n) is 10.0. The molecular weight excluding hydrogens is 508 g/mol. The highest BCUT2D eigenvalue weighted by atomic mass is 19.2. The molecule has 2 aliphatic rings. The molecule has 1 aliphatic heterocycles. The molecule has 3 atom stereocenters. The maximum Gasteiger partial charge on any atom is 0.410 e. The first-order chi connectivity index (χ1) is 18.9. The highest BCUT2D eigenvalue weighted by Gasteiger charge is 2.37. The van der Waals surface area contributed by atoms with Crippen LogP contribution in [0.15, 0.2) is 59.7 Å². The van der Waals surface area contributed by atoms with Crippen molar-refractivity contribution in [2.24, 2.45) is 0 Å². The monoisotopic (exact) mass is 535 g/mol. The van der Waals surface area contributed by atoms with E-state index in [9.17, 15) is 23.5 Å². The molecular formula is C28H27F2N5O4. The van der Waals surface area contributed by atoms with Crippen LogP contribution in [-0.2, 0) is 4.74 Å². The summed E-state index contributed by atoms with van der Waals surface area (Å²) < 4.78 is 36.2. The van der Waals surface area contributed by atoms with Crippen LogP contribution < -0.4 is 5.69 Å². The number of aliphatic hydroxyl groups excluding tert-OH is 1. The smallest absolute Gasteiger partial charge is 0.410 e. The Morgan fingerprint density at radius 3 is 2.54 bits per heavy atom. The fourth-order valence-corrected chi connectivity index (χ4v) is 5.86. The number of likely N-dealkylation sites (tertiary alicyclic amines) is 1. The van der Waals surface area contributed by atoms with Gasteiger partial charge in [0.05, 0.1) is 17.3 Å². The van der Waals surface area contributed by atoms with E-state index in [1.807, 2.05) is 6.07 Å². The first kappa shape index (κ1) is 25.2. The number of fused-ring (bicyclic) bond motifs is 2. The molecule has 0 bridgehead atoms. The Labute approximate surface area is 222 Å². The minimum atomic E-state index is -1.14. The van der Waals surface area contributed by atoms with Gasteiger partial charge < -0.3 is 14.7 Å². The molecule has 1 aliphatic carbocycles. The number of aliphatic hydroxyl groups is 1. The molecule has 9 nitrogen and oxygen atoms in total. The fourth-order valence-electron chi connectivity index (χ4n) is 5.86. The Morgan fingerprint density at radius 1 is 0.974 bits per heavy atom. The molecule has 1 unspecified atom stereocenters.